The summed E-state index contributed by atoms with van der Waals surface area (Å²) in [4.78, 5) is 15.9. The van der Waals surface area contributed by atoms with Crippen molar-refractivity contribution in [2.24, 2.45) is 0 Å². The first-order valence-electron chi connectivity index (χ1n) is 7.73. The Morgan fingerprint density at radius 2 is 2.36 bits per heavy atom. The predicted molar refractivity (Wildman–Crippen MR) is 89.1 cm³/mol. The highest BCUT2D eigenvalue weighted by Crippen LogP contribution is 2.26. The molecule has 0 bridgehead atoms. The minimum atomic E-state index is -0.177. The summed E-state index contributed by atoms with van der Waals surface area (Å²) in [6, 6.07) is 6.19. The second-order valence-corrected chi connectivity index (χ2v) is 5.61. The molecular weight excluding hydrogens is 278 g/mol. The number of urea groups is 1. The van der Waals surface area contributed by atoms with E-state index in [0.29, 0.717) is 19.6 Å². The maximum atomic E-state index is 12.1. The summed E-state index contributed by atoms with van der Waals surface area (Å²) >= 11 is 0. The van der Waals surface area contributed by atoms with Crippen molar-refractivity contribution in [3.63, 3.8) is 0 Å². The lowest BCUT2D eigenvalue weighted by molar-refractivity contribution is 0.183. The molecule has 1 aliphatic heterocycles. The first-order chi connectivity index (χ1) is 10.7. The zero-order valence-electron chi connectivity index (χ0n) is 13.2. The van der Waals surface area contributed by atoms with Crippen molar-refractivity contribution in [2.45, 2.75) is 19.4 Å². The second kappa shape index (κ2) is 7.84. The van der Waals surface area contributed by atoms with Gasteiger partial charge in [-0.05, 0) is 30.0 Å². The number of aliphatic hydroxyl groups excluding tert-OH is 1. The number of hydrogen-bond donors (Lipinski definition) is 2. The molecule has 2 rings (SSSR count). The molecule has 0 radical (unpaired) electrons. The fourth-order valence-electron chi connectivity index (χ4n) is 2.79. The van der Waals surface area contributed by atoms with Gasteiger partial charge in [0.2, 0.25) is 0 Å². The summed E-state index contributed by atoms with van der Waals surface area (Å²) in [6.45, 7) is 5.92. The number of amides is 2. The van der Waals surface area contributed by atoms with Crippen molar-refractivity contribution in [3.05, 3.63) is 42.0 Å². The van der Waals surface area contributed by atoms with Gasteiger partial charge in [-0.3, -0.25) is 0 Å². The molecular formula is C17H25N3O2. The molecule has 5 heteroatoms. The number of benzene rings is 1. The Morgan fingerprint density at radius 3 is 3.09 bits per heavy atom. The van der Waals surface area contributed by atoms with Gasteiger partial charge in [-0.25, -0.2) is 4.79 Å². The van der Waals surface area contributed by atoms with Crippen molar-refractivity contribution < 1.29 is 9.90 Å². The summed E-state index contributed by atoms with van der Waals surface area (Å²) in [7, 11) is 2.11. The average Bonchev–Trinajstić information content (AvgIpc) is 2.52. The van der Waals surface area contributed by atoms with Gasteiger partial charge in [-0.1, -0.05) is 18.2 Å². The van der Waals surface area contributed by atoms with Gasteiger partial charge in [0, 0.05) is 38.9 Å². The van der Waals surface area contributed by atoms with Crippen LogP contribution in [0, 0.1) is 0 Å². The maximum Gasteiger partial charge on any atom is 0.318 e. The third kappa shape index (κ3) is 4.01. The Morgan fingerprint density at radius 1 is 1.55 bits per heavy atom. The predicted octanol–water partition coefficient (Wildman–Crippen LogP) is 1.76. The van der Waals surface area contributed by atoms with Gasteiger partial charge >= 0.3 is 6.03 Å². The molecule has 22 heavy (non-hydrogen) atoms. The third-order valence-corrected chi connectivity index (χ3v) is 3.95. The number of nitrogens with zero attached hydrogens (tertiary/aromatic N) is 2. The van der Waals surface area contributed by atoms with Crippen LogP contribution in [0.25, 0.3) is 0 Å². The number of aliphatic hydroxyl groups is 1. The van der Waals surface area contributed by atoms with E-state index >= 15 is 0 Å². The van der Waals surface area contributed by atoms with Crippen molar-refractivity contribution in [2.75, 3.05) is 38.2 Å². The molecule has 5 nitrogen and oxygen atoms in total. The van der Waals surface area contributed by atoms with Gasteiger partial charge in [0.05, 0.1) is 6.61 Å². The molecule has 120 valence electrons. The lowest BCUT2D eigenvalue weighted by atomic mass is 9.99. The van der Waals surface area contributed by atoms with Gasteiger partial charge in [0.15, 0.2) is 0 Å². The number of anilines is 1. The summed E-state index contributed by atoms with van der Waals surface area (Å²) in [6.07, 6.45) is 3.92. The molecule has 0 fully saturated rings. The van der Waals surface area contributed by atoms with E-state index in [1.165, 1.54) is 17.7 Å². The Hall–Kier alpha value is -2.01. The van der Waals surface area contributed by atoms with E-state index in [1.54, 1.807) is 11.0 Å². The zero-order chi connectivity index (χ0) is 15.9. The highest BCUT2D eigenvalue weighted by Gasteiger charge is 2.15. The minimum absolute atomic E-state index is 0.0492. The number of nitrogens with one attached hydrogen (secondary N) is 1. The number of hydrogen-bond acceptors (Lipinski definition) is 3. The molecule has 1 aromatic carbocycles. The second-order valence-electron chi connectivity index (χ2n) is 5.61. The van der Waals surface area contributed by atoms with Gasteiger partial charge in [0.25, 0.3) is 0 Å². The summed E-state index contributed by atoms with van der Waals surface area (Å²) in [5, 5.41) is 11.9. The molecule has 0 atom stereocenters. The van der Waals surface area contributed by atoms with E-state index in [9.17, 15) is 4.79 Å². The molecule has 0 unspecified atom stereocenters. The van der Waals surface area contributed by atoms with E-state index in [4.69, 9.17) is 5.11 Å². The number of carbonyl (C=O) groups excluding carboxylic acids is 1. The lowest BCUT2D eigenvalue weighted by Gasteiger charge is -2.28. The van der Waals surface area contributed by atoms with E-state index in [0.717, 1.165) is 18.5 Å². The molecule has 1 aliphatic rings. The van der Waals surface area contributed by atoms with Crippen molar-refractivity contribution in [3.8, 4) is 0 Å². The standard InChI is InChI=1S/C17H25N3O2/c1-3-8-20(10-11-21)17(22)18-13-14-6-7-16-15(12-14)5-4-9-19(16)2/h3,6-7,12,21H,1,4-5,8-11,13H2,2H3,(H,18,22). The first kappa shape index (κ1) is 16.4. The Kier molecular flexibility index (Phi) is 5.83. The molecule has 1 aromatic rings. The van der Waals surface area contributed by atoms with Crippen molar-refractivity contribution >= 4 is 11.7 Å². The fraction of sp³-hybridized carbons (Fsp3) is 0.471. The normalized spacial score (nSPS) is 13.5. The lowest BCUT2D eigenvalue weighted by Crippen LogP contribution is -2.41. The quantitative estimate of drug-likeness (QED) is 0.787. The van der Waals surface area contributed by atoms with Crippen molar-refractivity contribution in [1.82, 2.24) is 10.2 Å². The van der Waals surface area contributed by atoms with Crippen LogP contribution in [0.4, 0.5) is 10.5 Å². The van der Waals surface area contributed by atoms with Crippen LogP contribution in [0.1, 0.15) is 17.5 Å². The van der Waals surface area contributed by atoms with Crippen molar-refractivity contribution in [1.29, 1.82) is 0 Å². The fourth-order valence-corrected chi connectivity index (χ4v) is 2.79. The monoisotopic (exact) mass is 303 g/mol. The van der Waals surface area contributed by atoms with Crippen LogP contribution >= 0.6 is 0 Å². The van der Waals surface area contributed by atoms with E-state index < -0.39 is 0 Å². The van der Waals surface area contributed by atoms with Crippen LogP contribution in [0.3, 0.4) is 0 Å². The Bertz CT molecular complexity index is 531. The third-order valence-electron chi connectivity index (χ3n) is 3.95. The molecule has 0 spiro atoms. The summed E-state index contributed by atoms with van der Waals surface area (Å²) in [5.41, 5.74) is 3.73. The molecule has 0 saturated heterocycles. The van der Waals surface area contributed by atoms with Crippen LogP contribution in [0.15, 0.2) is 30.9 Å². The largest absolute Gasteiger partial charge is 0.395 e. The number of carbonyl (C=O) groups is 1. The van der Waals surface area contributed by atoms with Crippen LogP contribution in [-0.4, -0.2) is 49.3 Å². The molecule has 2 amide bonds. The van der Waals surface area contributed by atoms with Crippen LogP contribution < -0.4 is 10.2 Å². The maximum absolute atomic E-state index is 12.1. The highest BCUT2D eigenvalue weighted by atomic mass is 16.3. The highest BCUT2D eigenvalue weighted by molar-refractivity contribution is 5.74. The molecule has 0 aliphatic carbocycles. The zero-order valence-corrected chi connectivity index (χ0v) is 13.2. The molecule has 0 saturated carbocycles. The van der Waals surface area contributed by atoms with Crippen LogP contribution in [0.2, 0.25) is 0 Å². The van der Waals surface area contributed by atoms with Gasteiger partial charge in [0.1, 0.15) is 0 Å². The van der Waals surface area contributed by atoms with Gasteiger partial charge < -0.3 is 20.2 Å². The van der Waals surface area contributed by atoms with E-state index in [1.807, 2.05) is 0 Å². The van der Waals surface area contributed by atoms with Gasteiger partial charge in [-0.15, -0.1) is 6.58 Å². The van der Waals surface area contributed by atoms with Crippen LogP contribution in [0.5, 0.6) is 0 Å². The van der Waals surface area contributed by atoms with Gasteiger partial charge in [-0.2, -0.15) is 0 Å². The topological polar surface area (TPSA) is 55.8 Å². The number of fused-ring (bicyclic) bond motifs is 1. The first-order valence-corrected chi connectivity index (χ1v) is 7.73. The SMILES string of the molecule is C=CCN(CCO)C(=O)NCc1ccc2c(c1)CCCN2C. The Balaban J connectivity index is 1.96. The summed E-state index contributed by atoms with van der Waals surface area (Å²) in [5.74, 6) is 0. The molecule has 1 heterocycles. The molecule has 2 N–H and O–H groups in total. The minimum Gasteiger partial charge on any atom is -0.395 e. The van der Waals surface area contributed by atoms with E-state index in [-0.39, 0.29) is 12.6 Å². The Labute approximate surface area is 132 Å². The molecule has 0 aromatic heterocycles. The summed E-state index contributed by atoms with van der Waals surface area (Å²) < 4.78 is 0. The number of aryl methyl sites for hydroxylation is 1. The average molecular weight is 303 g/mol. The number of rotatable bonds is 6. The van der Waals surface area contributed by atoms with Crippen LogP contribution in [-0.2, 0) is 13.0 Å². The smallest absolute Gasteiger partial charge is 0.318 e. The van der Waals surface area contributed by atoms with E-state index in [2.05, 4.69) is 42.0 Å².